The van der Waals surface area contributed by atoms with E-state index in [9.17, 15) is 10.1 Å². The van der Waals surface area contributed by atoms with Crippen molar-refractivity contribution < 1.29 is 14.3 Å². The number of nitriles is 1. The molecule has 1 spiro atoms. The van der Waals surface area contributed by atoms with Crippen LogP contribution in [0.15, 0.2) is 42.7 Å². The first kappa shape index (κ1) is 22.9. The summed E-state index contributed by atoms with van der Waals surface area (Å²) in [6.45, 7) is 8.35. The van der Waals surface area contributed by atoms with Crippen LogP contribution in [0.2, 0.25) is 0 Å². The van der Waals surface area contributed by atoms with Crippen molar-refractivity contribution in [2.75, 3.05) is 6.54 Å². The second-order valence-corrected chi connectivity index (χ2v) is 11.9. The van der Waals surface area contributed by atoms with Crippen molar-refractivity contribution in [3.8, 4) is 11.8 Å². The first-order valence-corrected chi connectivity index (χ1v) is 12.8. The molecule has 2 aliphatic heterocycles. The van der Waals surface area contributed by atoms with Crippen LogP contribution in [0.1, 0.15) is 63.1 Å². The molecule has 1 aromatic heterocycles. The summed E-state index contributed by atoms with van der Waals surface area (Å²) in [7, 11) is 0. The highest BCUT2D eigenvalue weighted by atomic mass is 16.6. The smallest absolute Gasteiger partial charge is 0.410 e. The monoisotopic (exact) mass is 484 g/mol. The number of fused-ring (bicyclic) bond motifs is 2. The molecular formula is C29H32N4O3. The lowest BCUT2D eigenvalue weighted by Crippen LogP contribution is -2.44. The van der Waals surface area contributed by atoms with Gasteiger partial charge in [0.1, 0.15) is 17.0 Å². The van der Waals surface area contributed by atoms with Crippen LogP contribution in [0.3, 0.4) is 0 Å². The second kappa shape index (κ2) is 7.99. The Balaban J connectivity index is 1.21. The van der Waals surface area contributed by atoms with Gasteiger partial charge in [-0.2, -0.15) is 5.26 Å². The second-order valence-electron chi connectivity index (χ2n) is 11.9. The number of nitrogens with zero attached hydrogens (tertiary/aromatic N) is 4. The molecule has 7 heteroatoms. The van der Waals surface area contributed by atoms with Crippen LogP contribution in [0, 0.1) is 16.7 Å². The average molecular weight is 485 g/mol. The van der Waals surface area contributed by atoms with Crippen molar-refractivity contribution in [3.63, 3.8) is 0 Å². The van der Waals surface area contributed by atoms with Crippen LogP contribution >= 0.6 is 0 Å². The van der Waals surface area contributed by atoms with Gasteiger partial charge in [0.2, 0.25) is 0 Å². The van der Waals surface area contributed by atoms with Gasteiger partial charge in [-0.25, -0.2) is 9.78 Å². The van der Waals surface area contributed by atoms with Crippen LogP contribution in [0.25, 0.3) is 11.0 Å². The molecule has 1 amide bonds. The number of benzene rings is 2. The first-order chi connectivity index (χ1) is 17.2. The van der Waals surface area contributed by atoms with Gasteiger partial charge in [-0.3, -0.25) is 4.90 Å². The van der Waals surface area contributed by atoms with Crippen LogP contribution < -0.4 is 4.74 Å². The fourth-order valence-electron chi connectivity index (χ4n) is 6.64. The summed E-state index contributed by atoms with van der Waals surface area (Å²) in [6, 6.07) is 14.1. The van der Waals surface area contributed by atoms with E-state index >= 15 is 0 Å². The summed E-state index contributed by atoms with van der Waals surface area (Å²) in [6.07, 6.45) is 6.25. The molecule has 2 aromatic carbocycles. The van der Waals surface area contributed by atoms with E-state index in [1.54, 1.807) is 6.07 Å². The SMILES string of the molecule is CC1(Cn2cnc3ccc(C#N)cc32)CCCC2(CN(Cc3cccc4c3OC(C)(C)C4)C(=O)O2)C1. The van der Waals surface area contributed by atoms with E-state index in [4.69, 9.17) is 9.47 Å². The molecule has 3 aromatic rings. The highest BCUT2D eigenvalue weighted by Crippen LogP contribution is 2.48. The predicted octanol–water partition coefficient (Wildman–Crippen LogP) is 5.59. The Hall–Kier alpha value is -3.53. The molecule has 1 saturated heterocycles. The summed E-state index contributed by atoms with van der Waals surface area (Å²) in [5.74, 6) is 0.924. The van der Waals surface area contributed by atoms with Gasteiger partial charge in [-0.1, -0.05) is 25.1 Å². The molecule has 6 rings (SSSR count). The largest absolute Gasteiger partial charge is 0.487 e. The zero-order chi connectivity index (χ0) is 25.1. The van der Waals surface area contributed by atoms with E-state index in [0.717, 1.165) is 61.0 Å². The topological polar surface area (TPSA) is 80.4 Å². The van der Waals surface area contributed by atoms with Gasteiger partial charge in [0.15, 0.2) is 0 Å². The molecule has 0 radical (unpaired) electrons. The van der Waals surface area contributed by atoms with E-state index in [1.807, 2.05) is 23.4 Å². The maximum atomic E-state index is 13.1. The van der Waals surface area contributed by atoms with E-state index in [1.165, 1.54) is 5.56 Å². The maximum absolute atomic E-state index is 13.1. The maximum Gasteiger partial charge on any atom is 0.410 e. The molecule has 7 nitrogen and oxygen atoms in total. The lowest BCUT2D eigenvalue weighted by molar-refractivity contribution is -0.0270. The number of rotatable bonds is 4. The average Bonchev–Trinajstić information content (AvgIpc) is 3.45. The molecule has 2 atom stereocenters. The minimum atomic E-state index is -0.476. The summed E-state index contributed by atoms with van der Waals surface area (Å²) >= 11 is 0. The zero-order valence-corrected chi connectivity index (χ0v) is 21.2. The Morgan fingerprint density at radius 1 is 1.14 bits per heavy atom. The van der Waals surface area contributed by atoms with Crippen LogP contribution in [-0.2, 0) is 24.2 Å². The summed E-state index contributed by atoms with van der Waals surface area (Å²) in [4.78, 5) is 19.5. The van der Waals surface area contributed by atoms with Crippen molar-refractivity contribution in [1.82, 2.24) is 14.5 Å². The molecule has 1 aliphatic carbocycles. The quantitative estimate of drug-likeness (QED) is 0.482. The Morgan fingerprint density at radius 3 is 2.83 bits per heavy atom. The van der Waals surface area contributed by atoms with E-state index < -0.39 is 5.60 Å². The molecule has 36 heavy (non-hydrogen) atoms. The molecule has 0 N–H and O–H groups in total. The molecule has 3 heterocycles. The minimum Gasteiger partial charge on any atom is -0.487 e. The van der Waals surface area contributed by atoms with Crippen molar-refractivity contribution in [1.29, 1.82) is 5.26 Å². The zero-order valence-electron chi connectivity index (χ0n) is 21.2. The van der Waals surface area contributed by atoms with Gasteiger partial charge in [0.25, 0.3) is 0 Å². The summed E-state index contributed by atoms with van der Waals surface area (Å²) in [5, 5.41) is 9.33. The predicted molar refractivity (Wildman–Crippen MR) is 135 cm³/mol. The van der Waals surface area contributed by atoms with Crippen molar-refractivity contribution >= 4 is 17.1 Å². The fraction of sp³-hybridized carbons (Fsp3) is 0.483. The normalized spacial score (nSPS) is 26.6. The number of amides is 1. The van der Waals surface area contributed by atoms with Crippen molar-refractivity contribution in [2.24, 2.45) is 5.41 Å². The number of para-hydroxylation sites is 1. The Morgan fingerprint density at radius 2 is 2.00 bits per heavy atom. The lowest BCUT2D eigenvalue weighted by atomic mass is 9.68. The highest BCUT2D eigenvalue weighted by Gasteiger charge is 2.51. The van der Waals surface area contributed by atoms with Crippen molar-refractivity contribution in [2.45, 2.75) is 77.2 Å². The number of hydrogen-bond donors (Lipinski definition) is 0. The lowest BCUT2D eigenvalue weighted by Gasteiger charge is -2.43. The van der Waals surface area contributed by atoms with Gasteiger partial charge in [-0.05, 0) is 68.7 Å². The third kappa shape index (κ3) is 3.99. The summed E-state index contributed by atoms with van der Waals surface area (Å²) < 4.78 is 14.5. The standard InChI is InChI=1S/C29H32N4O3/c1-27(2)13-21-6-4-7-22(25(21)35-27)15-32-18-29(36-26(32)34)11-5-10-28(3,16-29)17-33-19-31-23-9-8-20(14-30)12-24(23)33/h4,6-9,12,19H,5,10-11,13,15-18H2,1-3H3. The molecule has 0 bridgehead atoms. The molecule has 186 valence electrons. The van der Waals surface area contributed by atoms with Gasteiger partial charge in [0.05, 0.1) is 42.1 Å². The molecule has 1 saturated carbocycles. The van der Waals surface area contributed by atoms with Crippen molar-refractivity contribution in [3.05, 3.63) is 59.4 Å². The molecular weight excluding hydrogens is 452 g/mol. The molecule has 2 fully saturated rings. The fourth-order valence-corrected chi connectivity index (χ4v) is 6.64. The third-order valence-electron chi connectivity index (χ3n) is 8.04. The number of carbonyl (C=O) groups is 1. The van der Waals surface area contributed by atoms with Crippen LogP contribution in [0.4, 0.5) is 4.79 Å². The van der Waals surface area contributed by atoms with Gasteiger partial charge in [-0.15, -0.1) is 0 Å². The van der Waals surface area contributed by atoms with E-state index in [0.29, 0.717) is 18.7 Å². The van der Waals surface area contributed by atoms with Crippen LogP contribution in [0.5, 0.6) is 5.75 Å². The number of imidazole rings is 1. The first-order valence-electron chi connectivity index (χ1n) is 12.8. The van der Waals surface area contributed by atoms with Gasteiger partial charge < -0.3 is 14.0 Å². The van der Waals surface area contributed by atoms with E-state index in [-0.39, 0.29) is 17.1 Å². The number of ether oxygens (including phenoxy) is 2. The van der Waals surface area contributed by atoms with Crippen LogP contribution in [-0.4, -0.2) is 38.3 Å². The summed E-state index contributed by atoms with van der Waals surface area (Å²) in [5.41, 5.74) is 4.00. The minimum absolute atomic E-state index is 0.0497. The number of hydrogen-bond acceptors (Lipinski definition) is 5. The third-order valence-corrected chi connectivity index (χ3v) is 8.04. The molecule has 3 aliphatic rings. The Kier molecular flexibility index (Phi) is 5.08. The molecule has 2 unspecified atom stereocenters. The highest BCUT2D eigenvalue weighted by molar-refractivity contribution is 5.77. The van der Waals surface area contributed by atoms with E-state index in [2.05, 4.69) is 54.6 Å². The Bertz CT molecular complexity index is 1400. The van der Waals surface area contributed by atoms with Gasteiger partial charge >= 0.3 is 6.09 Å². The Labute approximate surface area is 211 Å². The number of carbonyl (C=O) groups excluding carboxylic acids is 1. The number of aromatic nitrogens is 2. The van der Waals surface area contributed by atoms with Gasteiger partial charge in [0, 0.05) is 18.5 Å².